The SMILES string of the molecule is O=c1ccc([N+](=O)[O-])cn1Cc1nnc(Cl)s1. The standard InChI is InChI=1S/C8H5ClN4O3S/c9-8-11-10-6(17-8)4-12-3-5(13(15)16)1-2-7(12)14/h1-3H,4H2. The highest BCUT2D eigenvalue weighted by atomic mass is 35.5. The van der Waals surface area contributed by atoms with Gasteiger partial charge in [0.25, 0.3) is 11.2 Å². The van der Waals surface area contributed by atoms with Gasteiger partial charge in [0.1, 0.15) is 5.01 Å². The average molecular weight is 273 g/mol. The number of aromatic nitrogens is 3. The van der Waals surface area contributed by atoms with Crippen molar-refractivity contribution in [3.63, 3.8) is 0 Å². The first-order chi connectivity index (χ1) is 8.06. The van der Waals surface area contributed by atoms with Crippen LogP contribution < -0.4 is 5.56 Å². The van der Waals surface area contributed by atoms with Gasteiger partial charge in [0, 0.05) is 12.1 Å². The second-order valence-electron chi connectivity index (χ2n) is 3.06. The molecule has 0 aliphatic rings. The molecule has 9 heteroatoms. The largest absolute Gasteiger partial charge is 0.302 e. The highest BCUT2D eigenvalue weighted by Crippen LogP contribution is 2.16. The number of halogens is 1. The molecule has 17 heavy (non-hydrogen) atoms. The molecule has 0 radical (unpaired) electrons. The van der Waals surface area contributed by atoms with Crippen molar-refractivity contribution in [2.24, 2.45) is 0 Å². The van der Waals surface area contributed by atoms with Crippen molar-refractivity contribution in [3.05, 3.63) is 48.3 Å². The van der Waals surface area contributed by atoms with Gasteiger partial charge in [-0.2, -0.15) is 0 Å². The third kappa shape index (κ3) is 2.66. The Balaban J connectivity index is 2.35. The van der Waals surface area contributed by atoms with E-state index in [4.69, 9.17) is 11.6 Å². The van der Waals surface area contributed by atoms with Crippen LogP contribution in [0.1, 0.15) is 5.01 Å². The summed E-state index contributed by atoms with van der Waals surface area (Å²) in [7, 11) is 0. The highest BCUT2D eigenvalue weighted by Gasteiger charge is 2.09. The monoisotopic (exact) mass is 272 g/mol. The van der Waals surface area contributed by atoms with Crippen molar-refractivity contribution in [2.45, 2.75) is 6.54 Å². The van der Waals surface area contributed by atoms with E-state index < -0.39 is 4.92 Å². The van der Waals surface area contributed by atoms with Gasteiger partial charge in [0.15, 0.2) is 0 Å². The van der Waals surface area contributed by atoms with Crippen LogP contribution in [-0.4, -0.2) is 19.7 Å². The van der Waals surface area contributed by atoms with Gasteiger partial charge in [-0.15, -0.1) is 10.2 Å². The maximum atomic E-state index is 11.5. The quantitative estimate of drug-likeness (QED) is 0.620. The molecule has 2 aromatic rings. The van der Waals surface area contributed by atoms with Crippen LogP contribution >= 0.6 is 22.9 Å². The van der Waals surface area contributed by atoms with E-state index in [1.807, 2.05) is 0 Å². The van der Waals surface area contributed by atoms with Gasteiger partial charge in [0.05, 0.1) is 17.7 Å². The van der Waals surface area contributed by atoms with Crippen LogP contribution in [0.5, 0.6) is 0 Å². The summed E-state index contributed by atoms with van der Waals surface area (Å²) in [4.78, 5) is 21.5. The van der Waals surface area contributed by atoms with E-state index in [-0.39, 0.29) is 22.3 Å². The Hall–Kier alpha value is -1.80. The first kappa shape index (κ1) is 11.7. The molecule has 0 aromatic carbocycles. The molecule has 0 N–H and O–H groups in total. The molecule has 7 nitrogen and oxygen atoms in total. The van der Waals surface area contributed by atoms with Crippen LogP contribution in [-0.2, 0) is 6.54 Å². The molecule has 0 atom stereocenters. The first-order valence-electron chi connectivity index (χ1n) is 4.39. The summed E-state index contributed by atoms with van der Waals surface area (Å²) in [5.74, 6) is 0. The summed E-state index contributed by atoms with van der Waals surface area (Å²) in [5.41, 5.74) is -0.498. The predicted octanol–water partition coefficient (Wildman–Crippen LogP) is 1.31. The van der Waals surface area contributed by atoms with Crippen LogP contribution in [0.25, 0.3) is 0 Å². The fourth-order valence-corrected chi connectivity index (χ4v) is 2.06. The lowest BCUT2D eigenvalue weighted by molar-refractivity contribution is -0.385. The van der Waals surface area contributed by atoms with Crippen molar-refractivity contribution in [1.29, 1.82) is 0 Å². The zero-order valence-electron chi connectivity index (χ0n) is 8.24. The molecular weight excluding hydrogens is 268 g/mol. The van der Waals surface area contributed by atoms with E-state index in [0.717, 1.165) is 29.7 Å². The van der Waals surface area contributed by atoms with Gasteiger partial charge in [-0.25, -0.2) is 0 Å². The Kier molecular flexibility index (Phi) is 3.16. The van der Waals surface area contributed by atoms with E-state index in [9.17, 15) is 14.9 Å². The van der Waals surface area contributed by atoms with Crippen LogP contribution in [0.2, 0.25) is 4.47 Å². The van der Waals surface area contributed by atoms with E-state index in [1.54, 1.807) is 0 Å². The fraction of sp³-hybridized carbons (Fsp3) is 0.125. The van der Waals surface area contributed by atoms with Crippen molar-refractivity contribution < 1.29 is 4.92 Å². The molecule has 0 aliphatic carbocycles. The average Bonchev–Trinajstić information content (AvgIpc) is 2.67. The summed E-state index contributed by atoms with van der Waals surface area (Å²) < 4.78 is 1.45. The van der Waals surface area contributed by atoms with Crippen molar-refractivity contribution in [2.75, 3.05) is 0 Å². The second kappa shape index (κ2) is 4.60. The Morgan fingerprint density at radius 3 is 2.82 bits per heavy atom. The molecule has 2 heterocycles. The summed E-state index contributed by atoms with van der Waals surface area (Å²) in [6.45, 7) is 0.116. The van der Waals surface area contributed by atoms with E-state index in [0.29, 0.717) is 5.01 Å². The molecule has 2 rings (SSSR count). The molecule has 0 fully saturated rings. The summed E-state index contributed by atoms with van der Waals surface area (Å²) in [6, 6.07) is 2.30. The van der Waals surface area contributed by atoms with Crippen molar-refractivity contribution >= 4 is 28.6 Å². The predicted molar refractivity (Wildman–Crippen MR) is 61.4 cm³/mol. The Morgan fingerprint density at radius 1 is 1.47 bits per heavy atom. The molecule has 0 bridgehead atoms. The van der Waals surface area contributed by atoms with Crippen molar-refractivity contribution in [3.8, 4) is 0 Å². The highest BCUT2D eigenvalue weighted by molar-refractivity contribution is 7.15. The first-order valence-corrected chi connectivity index (χ1v) is 5.58. The minimum atomic E-state index is -0.566. The van der Waals surface area contributed by atoms with Gasteiger partial charge in [-0.05, 0) is 11.6 Å². The maximum absolute atomic E-state index is 11.5. The second-order valence-corrected chi connectivity index (χ2v) is 4.70. The summed E-state index contributed by atoms with van der Waals surface area (Å²) >= 11 is 6.72. The third-order valence-corrected chi connectivity index (χ3v) is 2.93. The molecule has 0 saturated heterocycles. The zero-order chi connectivity index (χ0) is 12.4. The molecular formula is C8H5ClN4O3S. The third-order valence-electron chi connectivity index (χ3n) is 1.93. The van der Waals surface area contributed by atoms with Gasteiger partial charge in [-0.1, -0.05) is 11.3 Å². The Morgan fingerprint density at radius 2 is 2.24 bits per heavy atom. The minimum Gasteiger partial charge on any atom is -0.302 e. The van der Waals surface area contributed by atoms with E-state index in [1.165, 1.54) is 4.57 Å². The minimum absolute atomic E-state index is 0.116. The number of rotatable bonds is 3. The maximum Gasteiger partial charge on any atom is 0.285 e. The van der Waals surface area contributed by atoms with Gasteiger partial charge in [0.2, 0.25) is 4.47 Å². The van der Waals surface area contributed by atoms with Crippen LogP contribution in [0.15, 0.2) is 23.1 Å². The summed E-state index contributed by atoms with van der Waals surface area (Å²) in [5, 5.41) is 18.4. The molecule has 0 aliphatic heterocycles. The summed E-state index contributed by atoms with van der Waals surface area (Å²) in [6.07, 6.45) is 1.16. The van der Waals surface area contributed by atoms with Crippen LogP contribution in [0.4, 0.5) is 5.69 Å². The smallest absolute Gasteiger partial charge is 0.285 e. The van der Waals surface area contributed by atoms with E-state index >= 15 is 0 Å². The lowest BCUT2D eigenvalue weighted by atomic mass is 10.4. The van der Waals surface area contributed by atoms with Gasteiger partial charge >= 0.3 is 0 Å². The number of pyridine rings is 1. The van der Waals surface area contributed by atoms with Gasteiger partial charge in [-0.3, -0.25) is 14.9 Å². The number of hydrogen-bond donors (Lipinski definition) is 0. The Bertz CT molecular complexity index is 623. The van der Waals surface area contributed by atoms with Crippen molar-refractivity contribution in [1.82, 2.24) is 14.8 Å². The topological polar surface area (TPSA) is 90.9 Å². The number of nitro groups is 1. The zero-order valence-corrected chi connectivity index (χ0v) is 9.81. The fourth-order valence-electron chi connectivity index (χ4n) is 1.19. The normalized spacial score (nSPS) is 10.4. The van der Waals surface area contributed by atoms with Crippen LogP contribution in [0, 0.1) is 10.1 Å². The van der Waals surface area contributed by atoms with Crippen LogP contribution in [0.3, 0.4) is 0 Å². The lowest BCUT2D eigenvalue weighted by Crippen LogP contribution is -2.19. The molecule has 0 saturated carbocycles. The molecule has 0 unspecified atom stereocenters. The molecule has 88 valence electrons. The number of nitrogens with zero attached hydrogens (tertiary/aromatic N) is 4. The lowest BCUT2D eigenvalue weighted by Gasteiger charge is -2.01. The molecule has 0 spiro atoms. The van der Waals surface area contributed by atoms with E-state index in [2.05, 4.69) is 10.2 Å². The van der Waals surface area contributed by atoms with Gasteiger partial charge < -0.3 is 4.57 Å². The number of hydrogen-bond acceptors (Lipinski definition) is 6. The molecule has 2 aromatic heterocycles. The molecule has 0 amide bonds. The Labute approximate surface area is 103 Å².